The number of thiazole rings is 1. The number of hydrogen-bond acceptors (Lipinski definition) is 5. The molecule has 0 aromatic carbocycles. The van der Waals surface area contributed by atoms with Crippen molar-refractivity contribution in [3.8, 4) is 0 Å². The summed E-state index contributed by atoms with van der Waals surface area (Å²) in [6.45, 7) is 2.11. The first-order chi connectivity index (χ1) is 12.6. The summed E-state index contributed by atoms with van der Waals surface area (Å²) < 4.78 is 1.43. The Balaban J connectivity index is 1.81. The average Bonchev–Trinajstić information content (AvgIpc) is 3.14. The zero-order valence-electron chi connectivity index (χ0n) is 14.8. The van der Waals surface area contributed by atoms with Crippen molar-refractivity contribution in [2.75, 3.05) is 12.4 Å². The van der Waals surface area contributed by atoms with E-state index in [2.05, 4.69) is 22.2 Å². The van der Waals surface area contributed by atoms with Crippen molar-refractivity contribution in [1.29, 1.82) is 0 Å². The van der Waals surface area contributed by atoms with E-state index in [1.54, 1.807) is 35.9 Å². The van der Waals surface area contributed by atoms with Crippen LogP contribution in [0.2, 0.25) is 0 Å². The number of anilines is 1. The molecule has 3 aromatic heterocycles. The van der Waals surface area contributed by atoms with Crippen molar-refractivity contribution in [1.82, 2.24) is 19.3 Å². The molecule has 3 aromatic rings. The molecule has 3 rings (SSSR count). The van der Waals surface area contributed by atoms with Crippen LogP contribution in [-0.4, -0.2) is 32.3 Å². The second kappa shape index (κ2) is 8.09. The highest BCUT2D eigenvalue weighted by atomic mass is 32.1. The lowest BCUT2D eigenvalue weighted by Crippen LogP contribution is -2.36. The summed E-state index contributed by atoms with van der Waals surface area (Å²) in [5, 5.41) is 4.48. The molecule has 0 spiro atoms. The van der Waals surface area contributed by atoms with E-state index in [0.29, 0.717) is 4.96 Å². The maximum absolute atomic E-state index is 12.7. The minimum absolute atomic E-state index is 0.107. The number of amides is 2. The van der Waals surface area contributed by atoms with E-state index >= 15 is 0 Å². The number of urea groups is 1. The summed E-state index contributed by atoms with van der Waals surface area (Å²) in [4.78, 5) is 35.8. The van der Waals surface area contributed by atoms with Gasteiger partial charge in [0.2, 0.25) is 0 Å². The maximum Gasteiger partial charge on any atom is 0.322 e. The topological polar surface area (TPSA) is 79.6 Å². The number of carbonyl (C=O) groups is 1. The van der Waals surface area contributed by atoms with Crippen molar-refractivity contribution >= 4 is 28.0 Å². The lowest BCUT2D eigenvalue weighted by Gasteiger charge is -2.28. The first-order valence-corrected chi connectivity index (χ1v) is 9.38. The molecule has 136 valence electrons. The first kappa shape index (κ1) is 18.1. The third-order valence-electron chi connectivity index (χ3n) is 4.27. The van der Waals surface area contributed by atoms with E-state index in [4.69, 9.17) is 0 Å². The van der Waals surface area contributed by atoms with Gasteiger partial charge in [-0.2, -0.15) is 0 Å². The number of unbranched alkanes of at least 4 members (excludes halogenated alkanes) is 1. The molecule has 7 nitrogen and oxygen atoms in total. The number of rotatable bonds is 6. The highest BCUT2D eigenvalue weighted by Gasteiger charge is 2.22. The van der Waals surface area contributed by atoms with E-state index < -0.39 is 0 Å². The van der Waals surface area contributed by atoms with Gasteiger partial charge in [0.25, 0.3) is 5.56 Å². The minimum Gasteiger partial charge on any atom is -0.320 e. The Hall–Kier alpha value is -2.74. The number of nitrogens with one attached hydrogen (secondary N) is 1. The van der Waals surface area contributed by atoms with Crippen LogP contribution < -0.4 is 10.9 Å². The number of aromatic nitrogens is 3. The van der Waals surface area contributed by atoms with Crippen molar-refractivity contribution in [2.24, 2.45) is 0 Å². The van der Waals surface area contributed by atoms with Gasteiger partial charge in [-0.05, 0) is 18.1 Å². The van der Waals surface area contributed by atoms with Crippen LogP contribution in [0.4, 0.5) is 10.5 Å². The summed E-state index contributed by atoms with van der Waals surface area (Å²) >= 11 is 1.37. The molecule has 8 heteroatoms. The van der Waals surface area contributed by atoms with Crippen LogP contribution >= 0.6 is 11.3 Å². The molecule has 0 radical (unpaired) electrons. The molecule has 26 heavy (non-hydrogen) atoms. The fourth-order valence-corrected chi connectivity index (χ4v) is 3.48. The quantitative estimate of drug-likeness (QED) is 0.719. The lowest BCUT2D eigenvalue weighted by molar-refractivity contribution is 0.199. The van der Waals surface area contributed by atoms with Crippen LogP contribution in [-0.2, 0) is 0 Å². The first-order valence-electron chi connectivity index (χ1n) is 8.50. The molecule has 0 saturated heterocycles. The van der Waals surface area contributed by atoms with Gasteiger partial charge >= 0.3 is 6.03 Å². The Morgan fingerprint density at radius 2 is 2.27 bits per heavy atom. The Bertz CT molecular complexity index is 937. The van der Waals surface area contributed by atoms with E-state index in [1.807, 2.05) is 12.1 Å². The smallest absolute Gasteiger partial charge is 0.320 e. The van der Waals surface area contributed by atoms with Crippen LogP contribution in [0.5, 0.6) is 0 Å². The second-order valence-corrected chi connectivity index (χ2v) is 6.89. The molecule has 3 heterocycles. The number of hydrogen-bond donors (Lipinski definition) is 1. The minimum atomic E-state index is -0.343. The highest BCUT2D eigenvalue weighted by Crippen LogP contribution is 2.25. The van der Waals surface area contributed by atoms with Crippen molar-refractivity contribution in [3.05, 3.63) is 58.2 Å². The molecular weight excluding hydrogens is 350 g/mol. The van der Waals surface area contributed by atoms with Gasteiger partial charge < -0.3 is 10.2 Å². The third kappa shape index (κ3) is 3.75. The highest BCUT2D eigenvalue weighted by molar-refractivity contribution is 7.15. The second-order valence-electron chi connectivity index (χ2n) is 6.02. The van der Waals surface area contributed by atoms with Gasteiger partial charge in [-0.25, -0.2) is 9.78 Å². The van der Waals surface area contributed by atoms with Gasteiger partial charge in [-0.1, -0.05) is 25.8 Å². The maximum atomic E-state index is 12.7. The van der Waals surface area contributed by atoms with E-state index in [-0.39, 0.29) is 23.3 Å². The molecular formula is C18H21N5O2S. The molecule has 1 N–H and O–H groups in total. The fraction of sp³-hybridized carbons (Fsp3) is 0.333. The summed E-state index contributed by atoms with van der Waals surface area (Å²) in [6.07, 6.45) is 9.39. The Morgan fingerprint density at radius 3 is 3.00 bits per heavy atom. The zero-order valence-corrected chi connectivity index (χ0v) is 15.6. The van der Waals surface area contributed by atoms with Gasteiger partial charge in [0.15, 0.2) is 4.96 Å². The number of pyridine rings is 1. The summed E-state index contributed by atoms with van der Waals surface area (Å²) in [6, 6.07) is 3.37. The lowest BCUT2D eigenvalue weighted by atomic mass is 10.0. The molecule has 0 bridgehead atoms. The van der Waals surface area contributed by atoms with E-state index in [1.165, 1.54) is 21.9 Å². The van der Waals surface area contributed by atoms with Crippen LogP contribution in [0, 0.1) is 0 Å². The van der Waals surface area contributed by atoms with E-state index in [0.717, 1.165) is 24.8 Å². The molecule has 0 saturated carbocycles. The molecule has 0 fully saturated rings. The molecule has 2 amide bonds. The zero-order chi connectivity index (χ0) is 18.5. The fourth-order valence-electron chi connectivity index (χ4n) is 2.81. The Morgan fingerprint density at radius 1 is 1.42 bits per heavy atom. The predicted molar refractivity (Wildman–Crippen MR) is 103 cm³/mol. The SMILES string of the molecule is CCCCC(c1cccnc1)N(C)C(=O)Nc1cnc2sccn2c1=O. The summed E-state index contributed by atoms with van der Waals surface area (Å²) in [7, 11) is 1.73. The largest absolute Gasteiger partial charge is 0.322 e. The standard InChI is InChI=1S/C18H21N5O2S/c1-3-4-7-15(13-6-5-8-19-11-13)22(2)17(25)21-14-12-20-18-23(16(14)24)9-10-26-18/h5-6,8-12,15H,3-4,7H2,1-2H3,(H,21,25). The third-order valence-corrected chi connectivity index (χ3v) is 5.04. The summed E-state index contributed by atoms with van der Waals surface area (Å²) in [5.74, 6) is 0. The van der Waals surface area contributed by atoms with Crippen molar-refractivity contribution < 1.29 is 4.79 Å². The van der Waals surface area contributed by atoms with Crippen molar-refractivity contribution in [3.63, 3.8) is 0 Å². The normalized spacial score (nSPS) is 12.1. The monoisotopic (exact) mass is 371 g/mol. The molecule has 1 atom stereocenters. The predicted octanol–water partition coefficient (Wildman–Crippen LogP) is 3.55. The number of fused-ring (bicyclic) bond motifs is 1. The van der Waals surface area contributed by atoms with Gasteiger partial charge in [0.1, 0.15) is 5.69 Å². The van der Waals surface area contributed by atoms with Gasteiger partial charge in [-0.15, -0.1) is 11.3 Å². The average molecular weight is 371 g/mol. The molecule has 0 aliphatic carbocycles. The van der Waals surface area contributed by atoms with Crippen LogP contribution in [0.15, 0.2) is 47.1 Å². The van der Waals surface area contributed by atoms with Crippen LogP contribution in [0.25, 0.3) is 4.96 Å². The number of nitrogens with zero attached hydrogens (tertiary/aromatic N) is 4. The number of carbonyl (C=O) groups excluding carboxylic acids is 1. The van der Waals surface area contributed by atoms with Crippen LogP contribution in [0.1, 0.15) is 37.8 Å². The van der Waals surface area contributed by atoms with E-state index in [9.17, 15) is 9.59 Å². The Labute approximate surface area is 155 Å². The Kier molecular flexibility index (Phi) is 5.62. The van der Waals surface area contributed by atoms with Gasteiger partial charge in [0, 0.05) is 31.0 Å². The molecule has 0 aliphatic rings. The van der Waals surface area contributed by atoms with Gasteiger partial charge in [-0.3, -0.25) is 14.2 Å². The summed E-state index contributed by atoms with van der Waals surface area (Å²) in [5.41, 5.74) is 0.851. The molecule has 0 aliphatic heterocycles. The van der Waals surface area contributed by atoms with Crippen LogP contribution in [0.3, 0.4) is 0 Å². The molecule has 1 unspecified atom stereocenters. The van der Waals surface area contributed by atoms with Gasteiger partial charge in [0.05, 0.1) is 12.2 Å². The van der Waals surface area contributed by atoms with Crippen molar-refractivity contribution in [2.45, 2.75) is 32.2 Å².